The van der Waals surface area contributed by atoms with Crippen LogP contribution in [-0.2, 0) is 0 Å². The van der Waals surface area contributed by atoms with Crippen molar-refractivity contribution >= 4 is 11.6 Å². The Bertz CT molecular complexity index is 693. The molecule has 21 heavy (non-hydrogen) atoms. The van der Waals surface area contributed by atoms with E-state index in [1.165, 1.54) is 5.56 Å². The minimum Gasteiger partial charge on any atom is -0.487 e. The number of anilines is 1. The summed E-state index contributed by atoms with van der Waals surface area (Å²) in [4.78, 5) is 14.7. The van der Waals surface area contributed by atoms with Crippen LogP contribution >= 0.6 is 0 Å². The standard InChI is InChI=1S/C18H19NO2/c1-12-8-9-15(10-13(12)2)18(20)19-11-14(3)21-17-7-5-4-6-16(17)19/h4-10,14H,11H2,1-3H3. The van der Waals surface area contributed by atoms with Gasteiger partial charge in [0.1, 0.15) is 11.9 Å². The van der Waals surface area contributed by atoms with Crippen LogP contribution < -0.4 is 9.64 Å². The van der Waals surface area contributed by atoms with E-state index < -0.39 is 0 Å². The normalized spacial score (nSPS) is 17.1. The van der Waals surface area contributed by atoms with E-state index in [1.54, 1.807) is 0 Å². The molecule has 2 aromatic rings. The van der Waals surface area contributed by atoms with Gasteiger partial charge in [-0.3, -0.25) is 4.79 Å². The maximum atomic E-state index is 12.8. The molecule has 0 radical (unpaired) electrons. The summed E-state index contributed by atoms with van der Waals surface area (Å²) in [6.07, 6.45) is -0.00426. The SMILES string of the molecule is Cc1ccc(C(=O)N2CC(C)Oc3ccccc32)cc1C. The Hall–Kier alpha value is -2.29. The van der Waals surface area contributed by atoms with E-state index in [2.05, 4.69) is 6.92 Å². The molecule has 1 atom stereocenters. The van der Waals surface area contributed by atoms with Crippen LogP contribution in [0.25, 0.3) is 0 Å². The molecule has 1 aliphatic heterocycles. The first-order chi connectivity index (χ1) is 10.1. The summed E-state index contributed by atoms with van der Waals surface area (Å²) < 4.78 is 5.80. The van der Waals surface area contributed by atoms with Crippen LogP contribution in [-0.4, -0.2) is 18.6 Å². The average Bonchev–Trinajstić information content (AvgIpc) is 2.48. The maximum Gasteiger partial charge on any atom is 0.258 e. The summed E-state index contributed by atoms with van der Waals surface area (Å²) in [7, 11) is 0. The highest BCUT2D eigenvalue weighted by Gasteiger charge is 2.28. The van der Waals surface area contributed by atoms with Crippen LogP contribution in [0.1, 0.15) is 28.4 Å². The molecule has 0 fully saturated rings. The number of carbonyl (C=O) groups excluding carboxylic acids is 1. The molecule has 0 N–H and O–H groups in total. The number of benzene rings is 2. The lowest BCUT2D eigenvalue weighted by atomic mass is 10.0. The number of hydrogen-bond donors (Lipinski definition) is 0. The number of ether oxygens (including phenoxy) is 1. The quantitative estimate of drug-likeness (QED) is 0.797. The van der Waals surface area contributed by atoms with Crippen LogP contribution in [0.5, 0.6) is 5.75 Å². The molecule has 1 amide bonds. The zero-order chi connectivity index (χ0) is 15.0. The Morgan fingerprint density at radius 3 is 2.67 bits per heavy atom. The molecule has 0 aromatic heterocycles. The topological polar surface area (TPSA) is 29.5 Å². The van der Waals surface area contributed by atoms with E-state index in [9.17, 15) is 4.79 Å². The van der Waals surface area contributed by atoms with Gasteiger partial charge in [0.15, 0.2) is 0 Å². The van der Waals surface area contributed by atoms with Crippen LogP contribution in [0.2, 0.25) is 0 Å². The zero-order valence-corrected chi connectivity index (χ0v) is 12.6. The number of amides is 1. The van der Waals surface area contributed by atoms with Gasteiger partial charge in [0.2, 0.25) is 0 Å². The smallest absolute Gasteiger partial charge is 0.258 e. The number of aryl methyl sites for hydroxylation is 2. The van der Waals surface area contributed by atoms with Gasteiger partial charge in [0.25, 0.3) is 5.91 Å². The molecule has 108 valence electrons. The fraction of sp³-hybridized carbons (Fsp3) is 0.278. The van der Waals surface area contributed by atoms with Crippen molar-refractivity contribution in [2.75, 3.05) is 11.4 Å². The monoisotopic (exact) mass is 281 g/mol. The molecule has 3 heteroatoms. The number of nitrogens with zero attached hydrogens (tertiary/aromatic N) is 1. The summed E-state index contributed by atoms with van der Waals surface area (Å²) in [5.41, 5.74) is 3.90. The fourth-order valence-electron chi connectivity index (χ4n) is 2.61. The highest BCUT2D eigenvalue weighted by atomic mass is 16.5. The Balaban J connectivity index is 1.99. The van der Waals surface area contributed by atoms with Gasteiger partial charge in [-0.2, -0.15) is 0 Å². The second-order valence-corrected chi connectivity index (χ2v) is 5.61. The van der Waals surface area contributed by atoms with Crippen molar-refractivity contribution in [3.63, 3.8) is 0 Å². The van der Waals surface area contributed by atoms with Crippen LogP contribution in [0.3, 0.4) is 0 Å². The minimum absolute atomic E-state index is 0.00426. The third kappa shape index (κ3) is 2.51. The molecule has 1 heterocycles. The van der Waals surface area contributed by atoms with Crippen molar-refractivity contribution in [3.05, 3.63) is 59.2 Å². The van der Waals surface area contributed by atoms with E-state index in [4.69, 9.17) is 4.74 Å². The lowest BCUT2D eigenvalue weighted by molar-refractivity contribution is 0.0961. The molecule has 1 aliphatic rings. The predicted octanol–water partition coefficient (Wildman–Crippen LogP) is 3.73. The Morgan fingerprint density at radius 2 is 1.90 bits per heavy atom. The van der Waals surface area contributed by atoms with Crippen molar-refractivity contribution in [1.82, 2.24) is 0 Å². The highest BCUT2D eigenvalue weighted by Crippen LogP contribution is 2.34. The van der Waals surface area contributed by atoms with E-state index >= 15 is 0 Å². The van der Waals surface area contributed by atoms with Crippen molar-refractivity contribution < 1.29 is 9.53 Å². The lowest BCUT2D eigenvalue weighted by Gasteiger charge is -2.33. The molecule has 0 saturated carbocycles. The maximum absolute atomic E-state index is 12.8. The summed E-state index contributed by atoms with van der Waals surface area (Å²) >= 11 is 0. The van der Waals surface area contributed by atoms with Gasteiger partial charge >= 0.3 is 0 Å². The molecular formula is C18H19NO2. The first-order valence-corrected chi connectivity index (χ1v) is 7.21. The number of para-hydroxylation sites is 2. The first-order valence-electron chi connectivity index (χ1n) is 7.21. The summed E-state index contributed by atoms with van der Waals surface area (Å²) in [5, 5.41) is 0. The number of rotatable bonds is 1. The third-order valence-corrected chi connectivity index (χ3v) is 3.92. The summed E-state index contributed by atoms with van der Waals surface area (Å²) in [5.74, 6) is 0.800. The van der Waals surface area contributed by atoms with E-state index in [-0.39, 0.29) is 12.0 Å². The van der Waals surface area contributed by atoms with Gasteiger partial charge < -0.3 is 9.64 Å². The molecule has 0 bridgehead atoms. The van der Waals surface area contributed by atoms with E-state index in [0.29, 0.717) is 6.54 Å². The van der Waals surface area contributed by atoms with Gasteiger partial charge in [0, 0.05) is 5.56 Å². The molecule has 0 saturated heterocycles. The number of hydrogen-bond acceptors (Lipinski definition) is 2. The van der Waals surface area contributed by atoms with Gasteiger partial charge in [-0.25, -0.2) is 0 Å². The van der Waals surface area contributed by atoms with Gasteiger partial charge in [0.05, 0.1) is 12.2 Å². The van der Waals surface area contributed by atoms with Crippen molar-refractivity contribution in [3.8, 4) is 5.75 Å². The Kier molecular flexibility index (Phi) is 3.42. The van der Waals surface area contributed by atoms with Crippen molar-refractivity contribution in [2.24, 2.45) is 0 Å². The second kappa shape index (κ2) is 5.24. The van der Waals surface area contributed by atoms with Crippen molar-refractivity contribution in [2.45, 2.75) is 26.9 Å². The second-order valence-electron chi connectivity index (χ2n) is 5.61. The highest BCUT2D eigenvalue weighted by molar-refractivity contribution is 6.07. The lowest BCUT2D eigenvalue weighted by Crippen LogP contribution is -2.42. The van der Waals surface area contributed by atoms with Gasteiger partial charge in [-0.05, 0) is 56.2 Å². The van der Waals surface area contributed by atoms with Gasteiger partial charge in [-0.15, -0.1) is 0 Å². The van der Waals surface area contributed by atoms with E-state index in [0.717, 1.165) is 22.6 Å². The minimum atomic E-state index is -0.00426. The molecule has 1 unspecified atom stereocenters. The number of fused-ring (bicyclic) bond motifs is 1. The fourth-order valence-corrected chi connectivity index (χ4v) is 2.61. The molecule has 0 aliphatic carbocycles. The van der Waals surface area contributed by atoms with Crippen LogP contribution in [0, 0.1) is 13.8 Å². The summed E-state index contributed by atoms with van der Waals surface area (Å²) in [6.45, 7) is 6.64. The van der Waals surface area contributed by atoms with Gasteiger partial charge in [-0.1, -0.05) is 18.2 Å². The Labute approximate surface area is 125 Å². The predicted molar refractivity (Wildman–Crippen MR) is 84.1 cm³/mol. The Morgan fingerprint density at radius 1 is 1.14 bits per heavy atom. The average molecular weight is 281 g/mol. The van der Waals surface area contributed by atoms with Crippen molar-refractivity contribution in [1.29, 1.82) is 0 Å². The summed E-state index contributed by atoms with van der Waals surface area (Å²) in [6, 6.07) is 13.5. The first kappa shape index (κ1) is 13.7. The third-order valence-electron chi connectivity index (χ3n) is 3.92. The largest absolute Gasteiger partial charge is 0.487 e. The molecule has 3 nitrogen and oxygen atoms in total. The van der Waals surface area contributed by atoms with Crippen LogP contribution in [0.15, 0.2) is 42.5 Å². The molecular weight excluding hydrogens is 262 g/mol. The number of carbonyl (C=O) groups is 1. The molecule has 2 aromatic carbocycles. The molecule has 3 rings (SSSR count). The van der Waals surface area contributed by atoms with Crippen LogP contribution in [0.4, 0.5) is 5.69 Å². The molecule has 0 spiro atoms. The van der Waals surface area contributed by atoms with E-state index in [1.807, 2.05) is 61.2 Å². The zero-order valence-electron chi connectivity index (χ0n) is 12.6.